The van der Waals surface area contributed by atoms with Gasteiger partial charge < -0.3 is 14.6 Å². The predicted octanol–water partition coefficient (Wildman–Crippen LogP) is 1.30. The number of benzene rings is 1. The third kappa shape index (κ3) is 2.84. The van der Waals surface area contributed by atoms with Crippen molar-refractivity contribution in [1.82, 2.24) is 0 Å². The number of hydrogen-bond donors (Lipinski definition) is 1. The van der Waals surface area contributed by atoms with Gasteiger partial charge in [-0.1, -0.05) is 30.3 Å². The van der Waals surface area contributed by atoms with E-state index in [1.807, 2.05) is 0 Å². The molecule has 0 saturated carbocycles. The number of ether oxygens (including phenoxy) is 2. The van der Waals surface area contributed by atoms with Gasteiger partial charge in [0.05, 0.1) is 14.2 Å². The molecule has 0 saturated heterocycles. The van der Waals surface area contributed by atoms with Crippen LogP contribution in [0.2, 0.25) is 0 Å². The Balaban J connectivity index is 3.39. The Labute approximate surface area is 98.3 Å². The van der Waals surface area contributed by atoms with E-state index in [0.29, 0.717) is 5.56 Å². The van der Waals surface area contributed by atoms with E-state index in [1.54, 1.807) is 30.3 Å². The number of carboxylic acid groups (broad SMARTS) is 1. The van der Waals surface area contributed by atoms with Crippen LogP contribution in [0.4, 0.5) is 0 Å². The van der Waals surface area contributed by atoms with Crippen LogP contribution < -0.4 is 0 Å². The maximum absolute atomic E-state index is 11.4. The van der Waals surface area contributed by atoms with E-state index in [2.05, 4.69) is 4.74 Å². The molecule has 0 aliphatic rings. The summed E-state index contributed by atoms with van der Waals surface area (Å²) in [4.78, 5) is 22.6. The lowest BCUT2D eigenvalue weighted by molar-refractivity contribution is -0.140. The van der Waals surface area contributed by atoms with Crippen molar-refractivity contribution in [3.63, 3.8) is 0 Å². The van der Waals surface area contributed by atoms with Crippen molar-refractivity contribution in [2.24, 2.45) is 0 Å². The maximum atomic E-state index is 11.4. The highest BCUT2D eigenvalue weighted by atomic mass is 16.6. The maximum Gasteiger partial charge on any atom is 0.374 e. The molecule has 1 aromatic rings. The highest BCUT2D eigenvalue weighted by molar-refractivity contribution is 6.21. The fourth-order valence-corrected chi connectivity index (χ4v) is 1.34. The van der Waals surface area contributed by atoms with Gasteiger partial charge in [0.15, 0.2) is 0 Å². The van der Waals surface area contributed by atoms with E-state index in [1.165, 1.54) is 7.11 Å². The summed E-state index contributed by atoms with van der Waals surface area (Å²) >= 11 is 0. The molecule has 17 heavy (non-hydrogen) atoms. The largest absolute Gasteiger partial charge is 0.489 e. The fraction of sp³-hybridized carbons (Fsp3) is 0.167. The molecule has 0 atom stereocenters. The smallest absolute Gasteiger partial charge is 0.374 e. The van der Waals surface area contributed by atoms with Crippen molar-refractivity contribution in [2.45, 2.75) is 0 Å². The van der Waals surface area contributed by atoms with E-state index >= 15 is 0 Å². The fourth-order valence-electron chi connectivity index (χ4n) is 1.34. The van der Waals surface area contributed by atoms with Crippen LogP contribution in [-0.2, 0) is 19.1 Å². The van der Waals surface area contributed by atoms with Crippen LogP contribution in [0.3, 0.4) is 0 Å². The lowest BCUT2D eigenvalue weighted by atomic mass is 10.0. The van der Waals surface area contributed by atoms with Crippen LogP contribution in [0.15, 0.2) is 36.1 Å². The summed E-state index contributed by atoms with van der Waals surface area (Å²) in [6.07, 6.45) is 0. The van der Waals surface area contributed by atoms with Crippen LogP contribution in [0, 0.1) is 0 Å². The van der Waals surface area contributed by atoms with Gasteiger partial charge in [0.25, 0.3) is 0 Å². The zero-order valence-electron chi connectivity index (χ0n) is 9.47. The molecule has 0 heterocycles. The zero-order valence-corrected chi connectivity index (χ0v) is 9.47. The summed E-state index contributed by atoms with van der Waals surface area (Å²) in [5.74, 6) is -2.40. The van der Waals surface area contributed by atoms with Crippen molar-refractivity contribution in [3.8, 4) is 0 Å². The first-order chi connectivity index (χ1) is 8.11. The highest BCUT2D eigenvalue weighted by Crippen LogP contribution is 2.20. The molecule has 0 aromatic heterocycles. The van der Waals surface area contributed by atoms with Crippen LogP contribution in [0.25, 0.3) is 5.57 Å². The van der Waals surface area contributed by atoms with Crippen LogP contribution >= 0.6 is 0 Å². The normalized spacial score (nSPS) is 11.4. The van der Waals surface area contributed by atoms with E-state index < -0.39 is 11.9 Å². The summed E-state index contributed by atoms with van der Waals surface area (Å²) in [6, 6.07) is 8.23. The van der Waals surface area contributed by atoms with Gasteiger partial charge in [-0.15, -0.1) is 0 Å². The van der Waals surface area contributed by atoms with E-state index in [0.717, 1.165) is 7.11 Å². The number of carboxylic acids is 1. The molecule has 5 heteroatoms. The van der Waals surface area contributed by atoms with Gasteiger partial charge in [-0.25, -0.2) is 9.59 Å². The molecule has 1 aromatic carbocycles. The Morgan fingerprint density at radius 3 is 2.06 bits per heavy atom. The van der Waals surface area contributed by atoms with Crippen molar-refractivity contribution >= 4 is 17.5 Å². The molecular weight excluding hydrogens is 224 g/mol. The summed E-state index contributed by atoms with van der Waals surface area (Å²) in [5.41, 5.74) is 0.155. The second kappa shape index (κ2) is 5.69. The predicted molar refractivity (Wildman–Crippen MR) is 60.0 cm³/mol. The van der Waals surface area contributed by atoms with E-state index in [9.17, 15) is 9.59 Å². The van der Waals surface area contributed by atoms with Crippen molar-refractivity contribution < 1.29 is 24.2 Å². The molecule has 0 unspecified atom stereocenters. The number of carbonyl (C=O) groups excluding carboxylic acids is 1. The van der Waals surface area contributed by atoms with Crippen LogP contribution in [0.1, 0.15) is 5.56 Å². The first kappa shape index (κ1) is 12.8. The van der Waals surface area contributed by atoms with Gasteiger partial charge in [0, 0.05) is 0 Å². The molecule has 0 fully saturated rings. The summed E-state index contributed by atoms with van der Waals surface area (Å²) in [5, 5.41) is 9.13. The molecule has 0 aliphatic carbocycles. The zero-order chi connectivity index (χ0) is 12.8. The molecule has 1 N–H and O–H groups in total. The van der Waals surface area contributed by atoms with Gasteiger partial charge in [-0.3, -0.25) is 0 Å². The molecule has 1 rings (SSSR count). The first-order valence-electron chi connectivity index (χ1n) is 4.77. The van der Waals surface area contributed by atoms with Crippen molar-refractivity contribution in [3.05, 3.63) is 41.7 Å². The van der Waals surface area contributed by atoms with Gasteiger partial charge in [-0.05, 0) is 5.56 Å². The van der Waals surface area contributed by atoms with Crippen LogP contribution in [-0.4, -0.2) is 31.3 Å². The quantitative estimate of drug-likeness (QED) is 0.484. The topological polar surface area (TPSA) is 72.8 Å². The van der Waals surface area contributed by atoms with Crippen molar-refractivity contribution in [1.29, 1.82) is 0 Å². The Hall–Kier alpha value is -2.30. The standard InChI is InChI=1S/C12H12O5/c1-16-10(12(15)17-2)9(11(13)14)8-6-4-3-5-7-8/h3-7H,1-2H3,(H,13,14). The minimum atomic E-state index is -1.25. The number of hydrogen-bond acceptors (Lipinski definition) is 4. The summed E-state index contributed by atoms with van der Waals surface area (Å²) in [7, 11) is 2.38. The molecule has 0 bridgehead atoms. The second-order valence-electron chi connectivity index (χ2n) is 3.07. The van der Waals surface area contributed by atoms with E-state index in [-0.39, 0.29) is 11.3 Å². The number of aliphatic carboxylic acids is 1. The Morgan fingerprint density at radius 1 is 1.06 bits per heavy atom. The summed E-state index contributed by atoms with van der Waals surface area (Å²) in [6.45, 7) is 0. The molecular formula is C12H12O5. The average molecular weight is 236 g/mol. The Morgan fingerprint density at radius 2 is 1.65 bits per heavy atom. The van der Waals surface area contributed by atoms with E-state index in [4.69, 9.17) is 9.84 Å². The monoisotopic (exact) mass is 236 g/mol. The molecule has 0 spiro atoms. The third-order valence-electron chi connectivity index (χ3n) is 2.08. The highest BCUT2D eigenvalue weighted by Gasteiger charge is 2.23. The molecule has 90 valence electrons. The number of carbonyl (C=O) groups is 2. The Bertz CT molecular complexity index is 447. The van der Waals surface area contributed by atoms with Crippen LogP contribution in [0.5, 0.6) is 0 Å². The second-order valence-corrected chi connectivity index (χ2v) is 3.07. The molecule has 0 aliphatic heterocycles. The van der Waals surface area contributed by atoms with Gasteiger partial charge in [-0.2, -0.15) is 0 Å². The Kier molecular flexibility index (Phi) is 4.28. The molecule has 0 radical (unpaired) electrons. The summed E-state index contributed by atoms with van der Waals surface area (Å²) < 4.78 is 9.28. The van der Waals surface area contributed by atoms with Gasteiger partial charge in [0.1, 0.15) is 5.57 Å². The molecule has 5 nitrogen and oxygen atoms in total. The lowest BCUT2D eigenvalue weighted by Gasteiger charge is -2.09. The van der Waals surface area contributed by atoms with Crippen molar-refractivity contribution in [2.75, 3.05) is 14.2 Å². The third-order valence-corrected chi connectivity index (χ3v) is 2.08. The number of rotatable bonds is 4. The number of esters is 1. The molecule has 0 amide bonds. The number of methoxy groups -OCH3 is 2. The van der Waals surface area contributed by atoms with Gasteiger partial charge >= 0.3 is 11.9 Å². The first-order valence-corrected chi connectivity index (χ1v) is 4.77. The minimum absolute atomic E-state index is 0.222. The lowest BCUT2D eigenvalue weighted by Crippen LogP contribution is -2.14. The minimum Gasteiger partial charge on any atom is -0.489 e. The SMILES string of the molecule is COC(=O)C(OC)=C(C(=O)O)c1ccccc1. The van der Waals surface area contributed by atoms with Gasteiger partial charge in [0.2, 0.25) is 5.76 Å². The average Bonchev–Trinajstić information content (AvgIpc) is 2.35.